The Labute approximate surface area is 138 Å². The van der Waals surface area contributed by atoms with Crippen LogP contribution in [0.15, 0.2) is 0 Å². The Bertz CT molecular complexity index is 94.1. The van der Waals surface area contributed by atoms with E-state index in [1.54, 1.807) is 0 Å². The molecule has 0 unspecified atom stereocenters. The molecule has 0 rings (SSSR count). The Hall–Kier alpha value is 3.92. The molecule has 0 aliphatic carbocycles. The normalized spacial score (nSPS) is 8.29. The standard InChI is InChI=1S/2K.H2O2S3/c;;1-5(2,3)4/h;;(H2,1,2,3,4)/q2*+1;/p-2. The third-order valence-corrected chi connectivity index (χ3v) is 0. The molecule has 0 spiro atoms. The van der Waals surface area contributed by atoms with E-state index >= 15 is 0 Å². The Morgan fingerprint density at radius 1 is 1.00 bits per heavy atom. The summed E-state index contributed by atoms with van der Waals surface area (Å²) in [7, 11) is -3.50. The zero-order valence-corrected chi connectivity index (χ0v) is 12.7. The van der Waals surface area contributed by atoms with Crippen LogP contribution in [-0.4, -0.2) is 8.42 Å². The van der Waals surface area contributed by atoms with Crippen LogP contribution in [0.2, 0.25) is 0 Å². The molecular formula is K2O2S3. The van der Waals surface area contributed by atoms with Gasteiger partial charge < -0.3 is 23.3 Å². The second-order valence-corrected chi connectivity index (χ2v) is 4.49. The molecule has 2 nitrogen and oxygen atoms in total. The summed E-state index contributed by atoms with van der Waals surface area (Å²) < 4.78 is 18.5. The van der Waals surface area contributed by atoms with Crippen LogP contribution in [0.25, 0.3) is 0 Å². The molecule has 0 saturated heterocycles. The quantitative estimate of drug-likeness (QED) is 0.224. The van der Waals surface area contributed by atoms with Crippen LogP contribution in [0.1, 0.15) is 0 Å². The molecule has 7 heavy (non-hydrogen) atoms. The summed E-state index contributed by atoms with van der Waals surface area (Å²) in [6.07, 6.45) is 0. The minimum atomic E-state index is -3.50. The molecule has 32 valence electrons. The number of rotatable bonds is 0. The van der Waals surface area contributed by atoms with Crippen LogP contribution in [0.4, 0.5) is 0 Å². The van der Waals surface area contributed by atoms with Crippen molar-refractivity contribution >= 4 is 31.2 Å². The second kappa shape index (κ2) is 8.02. The van der Waals surface area contributed by atoms with Crippen molar-refractivity contribution in [1.29, 1.82) is 0 Å². The first-order valence-electron chi connectivity index (χ1n) is 0.667. The van der Waals surface area contributed by atoms with Gasteiger partial charge in [-0.25, -0.2) is 0 Å². The van der Waals surface area contributed by atoms with Gasteiger partial charge in [0.2, 0.25) is 0 Å². The number of hydrogen-bond acceptors (Lipinski definition) is 4. The van der Waals surface area contributed by atoms with Gasteiger partial charge in [-0.1, -0.05) is 7.90 Å². The summed E-state index contributed by atoms with van der Waals surface area (Å²) in [5.74, 6) is 0. The van der Waals surface area contributed by atoms with Crippen LogP contribution in [-0.2, 0) is 31.2 Å². The summed E-state index contributed by atoms with van der Waals surface area (Å²) in [4.78, 5) is 0. The van der Waals surface area contributed by atoms with E-state index in [0.29, 0.717) is 0 Å². The van der Waals surface area contributed by atoms with Gasteiger partial charge in [-0.3, -0.25) is 8.42 Å². The zero-order chi connectivity index (χ0) is 4.50. The van der Waals surface area contributed by atoms with Gasteiger partial charge in [0, 0.05) is 0 Å². The molecule has 0 saturated carbocycles. The SMILES string of the molecule is O=S(=O)([S-])[S-].[K+].[K+]. The zero-order valence-electron chi connectivity index (χ0n) is 4.04. The monoisotopic (exact) mass is 206 g/mol. The first-order valence-corrected chi connectivity index (χ1v) is 4.00. The molecule has 0 aromatic heterocycles. The second-order valence-electron chi connectivity index (χ2n) is 0.408. The smallest absolute Gasteiger partial charge is 0.676 e. The molecule has 0 fully saturated rings. The summed E-state index contributed by atoms with van der Waals surface area (Å²) in [6.45, 7) is 0. The fraction of sp³-hybridized carbons (Fsp3) is 0. The van der Waals surface area contributed by atoms with Gasteiger partial charge >= 0.3 is 103 Å². The largest absolute Gasteiger partial charge is 1.00 e. The van der Waals surface area contributed by atoms with Crippen molar-refractivity contribution in [2.75, 3.05) is 0 Å². The average Bonchev–Trinajstić information content (AvgIpc) is 0.722. The van der Waals surface area contributed by atoms with Crippen molar-refractivity contribution < 1.29 is 111 Å². The molecule has 0 N–H and O–H groups in total. The van der Waals surface area contributed by atoms with E-state index in [2.05, 4.69) is 23.3 Å². The maximum atomic E-state index is 9.26. The molecular weight excluding hydrogens is 206 g/mol. The molecule has 0 aliphatic rings. The van der Waals surface area contributed by atoms with Crippen molar-refractivity contribution in [1.82, 2.24) is 0 Å². The molecule has 0 bridgehead atoms. The summed E-state index contributed by atoms with van der Waals surface area (Å²) in [6, 6.07) is 0. The van der Waals surface area contributed by atoms with Crippen LogP contribution in [0, 0.1) is 0 Å². The fourth-order valence-corrected chi connectivity index (χ4v) is 0. The summed E-state index contributed by atoms with van der Waals surface area (Å²) >= 11 is 7.23. The van der Waals surface area contributed by atoms with Crippen molar-refractivity contribution in [3.05, 3.63) is 0 Å². The molecule has 7 heteroatoms. The Balaban J connectivity index is -0.0000000800. The molecule has 0 aliphatic heterocycles. The third kappa shape index (κ3) is 40.5. The van der Waals surface area contributed by atoms with E-state index in [4.69, 9.17) is 0 Å². The van der Waals surface area contributed by atoms with Gasteiger partial charge in [-0.2, -0.15) is 0 Å². The molecule has 0 aromatic carbocycles. The van der Waals surface area contributed by atoms with Crippen LogP contribution in [0.5, 0.6) is 0 Å². The molecule has 0 radical (unpaired) electrons. The van der Waals surface area contributed by atoms with E-state index in [-0.39, 0.29) is 103 Å². The molecule has 0 heterocycles. The Kier molecular flexibility index (Phi) is 19.6. The van der Waals surface area contributed by atoms with Crippen LogP contribution < -0.4 is 103 Å². The summed E-state index contributed by atoms with van der Waals surface area (Å²) in [5, 5.41) is 0. The van der Waals surface area contributed by atoms with Gasteiger partial charge in [0.25, 0.3) is 0 Å². The van der Waals surface area contributed by atoms with Gasteiger partial charge in [0.05, 0.1) is 0 Å². The van der Waals surface area contributed by atoms with E-state index in [9.17, 15) is 8.42 Å². The summed E-state index contributed by atoms with van der Waals surface area (Å²) in [5.41, 5.74) is 0. The van der Waals surface area contributed by atoms with Gasteiger partial charge in [0.15, 0.2) is 0 Å². The van der Waals surface area contributed by atoms with Crippen LogP contribution >= 0.6 is 0 Å². The van der Waals surface area contributed by atoms with Crippen molar-refractivity contribution in [3.8, 4) is 0 Å². The molecule has 0 aromatic rings. The maximum absolute atomic E-state index is 9.26. The van der Waals surface area contributed by atoms with E-state index in [1.165, 1.54) is 0 Å². The third-order valence-electron chi connectivity index (χ3n) is 0. The Morgan fingerprint density at radius 2 is 1.00 bits per heavy atom. The number of hydrogen-bond donors (Lipinski definition) is 0. The van der Waals surface area contributed by atoms with Crippen molar-refractivity contribution in [3.63, 3.8) is 0 Å². The van der Waals surface area contributed by atoms with Crippen molar-refractivity contribution in [2.24, 2.45) is 0 Å². The fourth-order valence-electron chi connectivity index (χ4n) is 0. The minimum absolute atomic E-state index is 0. The first-order chi connectivity index (χ1) is 2.00. The van der Waals surface area contributed by atoms with E-state index in [1.807, 2.05) is 0 Å². The van der Waals surface area contributed by atoms with Crippen molar-refractivity contribution in [2.45, 2.75) is 0 Å². The first kappa shape index (κ1) is 17.1. The molecule has 0 amide bonds. The predicted octanol–water partition coefficient (Wildman–Crippen LogP) is -6.67. The minimum Gasteiger partial charge on any atom is -0.676 e. The average molecular weight is 206 g/mol. The van der Waals surface area contributed by atoms with E-state index < -0.39 is 7.90 Å². The maximum Gasteiger partial charge on any atom is 1.00 e. The topological polar surface area (TPSA) is 34.1 Å². The van der Waals surface area contributed by atoms with Gasteiger partial charge in [0.1, 0.15) is 0 Å². The Morgan fingerprint density at radius 3 is 1.00 bits per heavy atom. The van der Waals surface area contributed by atoms with Gasteiger partial charge in [-0.15, -0.1) is 0 Å². The predicted molar refractivity (Wildman–Crippen MR) is 23.6 cm³/mol. The van der Waals surface area contributed by atoms with Crippen LogP contribution in [0.3, 0.4) is 0 Å². The van der Waals surface area contributed by atoms with Gasteiger partial charge in [-0.05, 0) is 0 Å². The van der Waals surface area contributed by atoms with E-state index in [0.717, 1.165) is 0 Å². The molecule has 0 atom stereocenters.